The van der Waals surface area contributed by atoms with E-state index in [2.05, 4.69) is 20.6 Å². The largest absolute Gasteiger partial charge is 0.382 e. The van der Waals surface area contributed by atoms with Gasteiger partial charge in [-0.1, -0.05) is 11.8 Å². The molecular weight excluding hydrogens is 420 g/mol. The maximum Gasteiger partial charge on any atom is 0.277 e. The molecule has 0 bridgehead atoms. The van der Waals surface area contributed by atoms with Gasteiger partial charge in [-0.15, -0.1) is 0 Å². The number of aromatic amines is 1. The third-order valence-corrected chi connectivity index (χ3v) is 5.11. The third kappa shape index (κ3) is 5.54. The minimum Gasteiger partial charge on any atom is -0.382 e. The number of amides is 2. The van der Waals surface area contributed by atoms with Crippen LogP contribution in [0.2, 0.25) is 0 Å². The van der Waals surface area contributed by atoms with E-state index >= 15 is 0 Å². The molecule has 1 saturated heterocycles. The second-order valence-corrected chi connectivity index (χ2v) is 7.41. The summed E-state index contributed by atoms with van der Waals surface area (Å²) in [6, 6.07) is 2.55. The number of H-pyrrole nitrogens is 1. The van der Waals surface area contributed by atoms with Crippen LogP contribution in [0.15, 0.2) is 28.2 Å². The summed E-state index contributed by atoms with van der Waals surface area (Å²) in [5.41, 5.74) is 4.45. The van der Waals surface area contributed by atoms with Gasteiger partial charge in [0.05, 0.1) is 11.9 Å². The number of carbonyl (C=O) groups excluding carboxylic acids is 2. The van der Waals surface area contributed by atoms with Gasteiger partial charge in [0.15, 0.2) is 22.6 Å². The fourth-order valence-corrected chi connectivity index (χ4v) is 3.40. The molecule has 3 rings (SSSR count). The number of nitrogens with one attached hydrogen (secondary N) is 3. The first-order valence-corrected chi connectivity index (χ1v) is 9.99. The van der Waals surface area contributed by atoms with E-state index in [1.165, 1.54) is 0 Å². The van der Waals surface area contributed by atoms with Gasteiger partial charge in [-0.2, -0.15) is 0 Å². The standard InChI is InChI=1S/C18H19F2N5O4S/c19-11-4-3-9(6-12(11)20)16(27)23-14-15(21)24-18(25-17(14)28)30-8-13(26)22-7-10-2-1-5-29-10/h3-4,6,10H,1-2,5,7-8H2,(H,22,26)(H,23,27)(H3,21,24,25,28)/t10-/m1/s1. The summed E-state index contributed by atoms with van der Waals surface area (Å²) in [6.45, 7) is 1.11. The number of rotatable bonds is 7. The highest BCUT2D eigenvalue weighted by atomic mass is 32.2. The second kappa shape index (κ2) is 9.67. The molecule has 12 heteroatoms. The smallest absolute Gasteiger partial charge is 0.277 e. The van der Waals surface area contributed by atoms with Crippen LogP contribution in [-0.2, 0) is 9.53 Å². The van der Waals surface area contributed by atoms with Crippen molar-refractivity contribution in [2.45, 2.75) is 24.1 Å². The summed E-state index contributed by atoms with van der Waals surface area (Å²) in [5.74, 6) is -3.71. The highest BCUT2D eigenvalue weighted by Crippen LogP contribution is 2.18. The van der Waals surface area contributed by atoms with Gasteiger partial charge in [0, 0.05) is 18.7 Å². The van der Waals surface area contributed by atoms with Crippen molar-refractivity contribution < 1.29 is 23.1 Å². The lowest BCUT2D eigenvalue weighted by molar-refractivity contribution is -0.119. The molecule has 0 unspecified atom stereocenters. The van der Waals surface area contributed by atoms with Gasteiger partial charge < -0.3 is 21.1 Å². The van der Waals surface area contributed by atoms with Gasteiger partial charge in [0.1, 0.15) is 5.69 Å². The van der Waals surface area contributed by atoms with Crippen LogP contribution in [0.1, 0.15) is 23.2 Å². The summed E-state index contributed by atoms with van der Waals surface area (Å²) < 4.78 is 31.7. The molecule has 5 N–H and O–H groups in total. The predicted octanol–water partition coefficient (Wildman–Crippen LogP) is 1.27. The third-order valence-electron chi connectivity index (χ3n) is 4.24. The van der Waals surface area contributed by atoms with Crippen LogP contribution in [0, 0.1) is 11.6 Å². The molecule has 2 heterocycles. The SMILES string of the molecule is Nc1nc(SCC(=O)NC[C@H]2CCCO2)[nH]c(=O)c1NC(=O)c1ccc(F)c(F)c1. The molecule has 1 atom stereocenters. The maximum absolute atomic E-state index is 13.3. The van der Waals surface area contributed by atoms with Crippen LogP contribution < -0.4 is 21.9 Å². The summed E-state index contributed by atoms with van der Waals surface area (Å²) in [7, 11) is 0. The van der Waals surface area contributed by atoms with Crippen molar-refractivity contribution in [2.24, 2.45) is 0 Å². The van der Waals surface area contributed by atoms with Crippen LogP contribution in [0.5, 0.6) is 0 Å². The van der Waals surface area contributed by atoms with E-state index in [0.29, 0.717) is 19.2 Å². The average molecular weight is 439 g/mol. The molecular formula is C18H19F2N5O4S. The van der Waals surface area contributed by atoms with Crippen LogP contribution in [0.25, 0.3) is 0 Å². The molecule has 2 amide bonds. The molecule has 2 aromatic rings. The van der Waals surface area contributed by atoms with Crippen molar-refractivity contribution >= 4 is 35.1 Å². The van der Waals surface area contributed by atoms with Crippen LogP contribution >= 0.6 is 11.8 Å². The number of nitrogens with two attached hydrogens (primary N) is 1. The van der Waals surface area contributed by atoms with Crippen LogP contribution in [-0.4, -0.2) is 46.8 Å². The maximum atomic E-state index is 13.3. The number of carbonyl (C=O) groups is 2. The van der Waals surface area contributed by atoms with Crippen LogP contribution in [0.3, 0.4) is 0 Å². The minimum absolute atomic E-state index is 0.00430. The van der Waals surface area contributed by atoms with E-state index in [4.69, 9.17) is 10.5 Å². The Balaban J connectivity index is 1.59. The zero-order valence-corrected chi connectivity index (χ0v) is 16.5. The predicted molar refractivity (Wildman–Crippen MR) is 106 cm³/mol. The summed E-state index contributed by atoms with van der Waals surface area (Å²) in [4.78, 5) is 42.7. The van der Waals surface area contributed by atoms with E-state index in [9.17, 15) is 23.2 Å². The number of benzene rings is 1. The van der Waals surface area contributed by atoms with Crippen molar-refractivity contribution in [3.8, 4) is 0 Å². The monoisotopic (exact) mass is 439 g/mol. The Bertz CT molecular complexity index is 1010. The summed E-state index contributed by atoms with van der Waals surface area (Å²) in [6.07, 6.45) is 1.89. The Labute approximate surface area is 173 Å². The van der Waals surface area contributed by atoms with Gasteiger partial charge in [0.25, 0.3) is 11.5 Å². The first kappa shape index (κ1) is 21.7. The molecule has 1 aromatic heterocycles. The van der Waals surface area contributed by atoms with E-state index < -0.39 is 23.1 Å². The van der Waals surface area contributed by atoms with E-state index in [1.807, 2.05) is 0 Å². The highest BCUT2D eigenvalue weighted by molar-refractivity contribution is 7.99. The lowest BCUT2D eigenvalue weighted by Crippen LogP contribution is -2.33. The van der Waals surface area contributed by atoms with Gasteiger partial charge in [-0.3, -0.25) is 19.4 Å². The van der Waals surface area contributed by atoms with Gasteiger partial charge >= 0.3 is 0 Å². The average Bonchev–Trinajstić information content (AvgIpc) is 3.23. The number of anilines is 2. The number of aromatic nitrogens is 2. The Kier molecular flexibility index (Phi) is 7.00. The zero-order chi connectivity index (χ0) is 21.7. The zero-order valence-electron chi connectivity index (χ0n) is 15.7. The molecule has 1 aliphatic rings. The molecule has 160 valence electrons. The Morgan fingerprint density at radius 2 is 2.13 bits per heavy atom. The first-order chi connectivity index (χ1) is 14.3. The number of nitrogen functional groups attached to an aromatic ring is 1. The Morgan fingerprint density at radius 1 is 1.33 bits per heavy atom. The molecule has 9 nitrogen and oxygen atoms in total. The van der Waals surface area contributed by atoms with E-state index in [0.717, 1.165) is 36.7 Å². The van der Waals surface area contributed by atoms with E-state index in [1.54, 1.807) is 0 Å². The Hall–Kier alpha value is -2.99. The molecule has 30 heavy (non-hydrogen) atoms. The summed E-state index contributed by atoms with van der Waals surface area (Å²) in [5, 5.41) is 5.05. The number of halogens is 2. The van der Waals surface area contributed by atoms with E-state index in [-0.39, 0.29) is 40.0 Å². The van der Waals surface area contributed by atoms with Crippen molar-refractivity contribution in [3.05, 3.63) is 45.8 Å². The molecule has 1 aliphatic heterocycles. The van der Waals surface area contributed by atoms with Crippen molar-refractivity contribution in [1.29, 1.82) is 0 Å². The van der Waals surface area contributed by atoms with Crippen molar-refractivity contribution in [3.63, 3.8) is 0 Å². The number of thioether (sulfide) groups is 1. The quantitative estimate of drug-likeness (QED) is 0.376. The lowest BCUT2D eigenvalue weighted by Gasteiger charge is -2.11. The first-order valence-electron chi connectivity index (χ1n) is 9.01. The fraction of sp³-hybridized carbons (Fsp3) is 0.333. The normalized spacial score (nSPS) is 15.7. The molecule has 1 fully saturated rings. The summed E-state index contributed by atoms with van der Waals surface area (Å²) >= 11 is 0.963. The van der Waals surface area contributed by atoms with Crippen LogP contribution in [0.4, 0.5) is 20.3 Å². The second-order valence-electron chi connectivity index (χ2n) is 6.44. The minimum atomic E-state index is -1.20. The molecule has 0 saturated carbocycles. The number of nitrogens with zero attached hydrogens (tertiary/aromatic N) is 1. The highest BCUT2D eigenvalue weighted by Gasteiger charge is 2.18. The molecule has 1 aromatic carbocycles. The fourth-order valence-electron chi connectivity index (χ4n) is 2.70. The number of ether oxygens (including phenoxy) is 1. The topological polar surface area (TPSA) is 139 Å². The molecule has 0 spiro atoms. The number of hydrogen-bond acceptors (Lipinski definition) is 7. The van der Waals surface area contributed by atoms with Crippen molar-refractivity contribution in [1.82, 2.24) is 15.3 Å². The van der Waals surface area contributed by atoms with Gasteiger partial charge in [0.2, 0.25) is 5.91 Å². The molecule has 0 radical (unpaired) electrons. The Morgan fingerprint density at radius 3 is 2.80 bits per heavy atom. The lowest BCUT2D eigenvalue weighted by atomic mass is 10.2. The number of hydrogen-bond donors (Lipinski definition) is 4. The molecule has 0 aliphatic carbocycles. The van der Waals surface area contributed by atoms with Gasteiger partial charge in [-0.25, -0.2) is 13.8 Å². The van der Waals surface area contributed by atoms with Gasteiger partial charge in [-0.05, 0) is 31.0 Å². The van der Waals surface area contributed by atoms with Crippen molar-refractivity contribution in [2.75, 3.05) is 30.0 Å².